The van der Waals surface area contributed by atoms with Crippen LogP contribution in [0.1, 0.15) is 40.0 Å². The molecule has 2 rings (SSSR count). The minimum atomic E-state index is -0.246. The third-order valence-corrected chi connectivity index (χ3v) is 4.77. The lowest BCUT2D eigenvalue weighted by Crippen LogP contribution is -2.48. The number of para-hydroxylation sites is 1. The lowest BCUT2D eigenvalue weighted by Gasteiger charge is -2.37. The van der Waals surface area contributed by atoms with E-state index in [1.54, 1.807) is 0 Å². The minimum absolute atomic E-state index is 0.246. The second kappa shape index (κ2) is 7.08. The highest BCUT2D eigenvalue weighted by atomic mass is 16.2. The van der Waals surface area contributed by atoms with Gasteiger partial charge in [0.2, 0.25) is 5.91 Å². The summed E-state index contributed by atoms with van der Waals surface area (Å²) in [7, 11) is 0. The second-order valence-corrected chi connectivity index (χ2v) is 6.38. The van der Waals surface area contributed by atoms with Crippen molar-refractivity contribution in [2.24, 2.45) is 11.3 Å². The molecule has 1 atom stereocenters. The summed E-state index contributed by atoms with van der Waals surface area (Å²) in [6.07, 6.45) is 3.09. The molecule has 1 unspecified atom stereocenters. The molecule has 1 amide bonds. The molecular weight excluding hydrogens is 260 g/mol. The standard InChI is InChI=1S/C18H28N2O/c1-4-5-13-20(16-9-7-6-8-10-16)17(21)18(15(2)3)11-12-19-14-18/h6-10,15,19H,4-5,11-14H2,1-3H3. The van der Waals surface area contributed by atoms with E-state index in [9.17, 15) is 4.79 Å². The van der Waals surface area contributed by atoms with Crippen molar-refractivity contribution >= 4 is 11.6 Å². The number of benzene rings is 1. The van der Waals surface area contributed by atoms with Crippen LogP contribution in [0.5, 0.6) is 0 Å². The van der Waals surface area contributed by atoms with Crippen molar-refractivity contribution in [1.29, 1.82) is 0 Å². The molecule has 1 aromatic rings. The van der Waals surface area contributed by atoms with Gasteiger partial charge in [-0.1, -0.05) is 45.4 Å². The predicted octanol–water partition coefficient (Wildman–Crippen LogP) is 3.46. The molecule has 1 N–H and O–H groups in total. The first-order valence-corrected chi connectivity index (χ1v) is 8.19. The Kier molecular flexibility index (Phi) is 5.40. The summed E-state index contributed by atoms with van der Waals surface area (Å²) in [6, 6.07) is 10.1. The zero-order valence-corrected chi connectivity index (χ0v) is 13.6. The Bertz CT molecular complexity index is 450. The highest BCUT2D eigenvalue weighted by molar-refractivity contribution is 5.98. The second-order valence-electron chi connectivity index (χ2n) is 6.38. The number of amides is 1. The maximum absolute atomic E-state index is 13.3. The zero-order valence-electron chi connectivity index (χ0n) is 13.6. The van der Waals surface area contributed by atoms with Gasteiger partial charge < -0.3 is 10.2 Å². The van der Waals surface area contributed by atoms with Crippen LogP contribution in [-0.2, 0) is 4.79 Å². The smallest absolute Gasteiger partial charge is 0.234 e. The molecule has 116 valence electrons. The molecule has 21 heavy (non-hydrogen) atoms. The monoisotopic (exact) mass is 288 g/mol. The Morgan fingerprint density at radius 2 is 2.05 bits per heavy atom. The summed E-state index contributed by atoms with van der Waals surface area (Å²) >= 11 is 0. The Morgan fingerprint density at radius 3 is 2.57 bits per heavy atom. The van der Waals surface area contributed by atoms with Gasteiger partial charge in [-0.15, -0.1) is 0 Å². The van der Waals surface area contributed by atoms with E-state index in [1.807, 2.05) is 35.2 Å². The summed E-state index contributed by atoms with van der Waals surface area (Å²) in [6.45, 7) is 9.08. The Labute approximate surface area is 128 Å². The van der Waals surface area contributed by atoms with E-state index >= 15 is 0 Å². The molecule has 3 heteroatoms. The molecule has 0 bridgehead atoms. The van der Waals surface area contributed by atoms with E-state index in [1.165, 1.54) is 0 Å². The fourth-order valence-electron chi connectivity index (χ4n) is 3.17. The summed E-state index contributed by atoms with van der Waals surface area (Å²) in [5.74, 6) is 0.648. The number of nitrogens with zero attached hydrogens (tertiary/aromatic N) is 1. The first-order chi connectivity index (χ1) is 10.1. The normalized spacial score (nSPS) is 21.7. The van der Waals surface area contributed by atoms with Crippen LogP contribution in [-0.4, -0.2) is 25.5 Å². The topological polar surface area (TPSA) is 32.3 Å². The third kappa shape index (κ3) is 3.29. The van der Waals surface area contributed by atoms with Gasteiger partial charge >= 0.3 is 0 Å². The number of hydrogen-bond donors (Lipinski definition) is 1. The lowest BCUT2D eigenvalue weighted by molar-refractivity contribution is -0.129. The minimum Gasteiger partial charge on any atom is -0.316 e. The van der Waals surface area contributed by atoms with Crippen molar-refractivity contribution in [2.75, 3.05) is 24.5 Å². The van der Waals surface area contributed by atoms with E-state index in [4.69, 9.17) is 0 Å². The molecule has 0 spiro atoms. The average Bonchev–Trinajstić information content (AvgIpc) is 2.99. The van der Waals surface area contributed by atoms with Crippen LogP contribution in [0.4, 0.5) is 5.69 Å². The fourth-order valence-corrected chi connectivity index (χ4v) is 3.17. The molecule has 0 saturated carbocycles. The van der Waals surface area contributed by atoms with Crippen molar-refractivity contribution in [3.63, 3.8) is 0 Å². The molecule has 3 nitrogen and oxygen atoms in total. The first-order valence-electron chi connectivity index (χ1n) is 8.19. The van der Waals surface area contributed by atoms with Crippen LogP contribution in [0.2, 0.25) is 0 Å². The molecule has 1 heterocycles. The lowest BCUT2D eigenvalue weighted by atomic mass is 9.75. The quantitative estimate of drug-likeness (QED) is 0.869. The van der Waals surface area contributed by atoms with Crippen molar-refractivity contribution in [3.05, 3.63) is 30.3 Å². The van der Waals surface area contributed by atoms with Crippen molar-refractivity contribution in [3.8, 4) is 0 Å². The predicted molar refractivity (Wildman–Crippen MR) is 88.5 cm³/mol. The van der Waals surface area contributed by atoms with Gasteiger partial charge in [-0.2, -0.15) is 0 Å². The first kappa shape index (κ1) is 16.0. The Morgan fingerprint density at radius 1 is 1.33 bits per heavy atom. The molecule has 0 aliphatic carbocycles. The largest absolute Gasteiger partial charge is 0.316 e. The zero-order chi connectivity index (χ0) is 15.3. The number of anilines is 1. The molecule has 1 aromatic carbocycles. The van der Waals surface area contributed by atoms with Gasteiger partial charge in [-0.05, 0) is 37.4 Å². The highest BCUT2D eigenvalue weighted by Crippen LogP contribution is 2.37. The molecule has 0 radical (unpaired) electrons. The molecule has 0 aromatic heterocycles. The highest BCUT2D eigenvalue weighted by Gasteiger charge is 2.46. The number of unbranched alkanes of at least 4 members (excludes halogenated alkanes) is 1. The summed E-state index contributed by atoms with van der Waals surface area (Å²) in [5, 5.41) is 3.39. The number of carbonyl (C=O) groups is 1. The van der Waals surface area contributed by atoms with Crippen molar-refractivity contribution in [2.45, 2.75) is 40.0 Å². The van der Waals surface area contributed by atoms with Crippen LogP contribution >= 0.6 is 0 Å². The van der Waals surface area contributed by atoms with Crippen molar-refractivity contribution < 1.29 is 4.79 Å². The van der Waals surface area contributed by atoms with E-state index in [2.05, 4.69) is 26.1 Å². The van der Waals surface area contributed by atoms with Crippen LogP contribution in [0.3, 0.4) is 0 Å². The molecule has 1 fully saturated rings. The van der Waals surface area contributed by atoms with E-state index in [0.717, 1.165) is 44.6 Å². The Hall–Kier alpha value is -1.35. The molecule has 1 aliphatic rings. The maximum atomic E-state index is 13.3. The van der Waals surface area contributed by atoms with Gasteiger partial charge in [0.15, 0.2) is 0 Å². The van der Waals surface area contributed by atoms with Gasteiger partial charge in [-0.3, -0.25) is 4.79 Å². The molecule has 1 aliphatic heterocycles. The number of hydrogen-bond acceptors (Lipinski definition) is 2. The summed E-state index contributed by atoms with van der Waals surface area (Å²) in [4.78, 5) is 15.3. The molecular formula is C18H28N2O. The summed E-state index contributed by atoms with van der Waals surface area (Å²) < 4.78 is 0. The SMILES string of the molecule is CCCCN(C(=O)C1(C(C)C)CCNC1)c1ccccc1. The number of nitrogens with one attached hydrogen (secondary N) is 1. The van der Waals surface area contributed by atoms with Gasteiger partial charge in [0.25, 0.3) is 0 Å². The Balaban J connectivity index is 2.29. The van der Waals surface area contributed by atoms with Gasteiger partial charge in [-0.25, -0.2) is 0 Å². The maximum Gasteiger partial charge on any atom is 0.234 e. The van der Waals surface area contributed by atoms with Crippen LogP contribution in [0, 0.1) is 11.3 Å². The van der Waals surface area contributed by atoms with Crippen molar-refractivity contribution in [1.82, 2.24) is 5.32 Å². The third-order valence-electron chi connectivity index (χ3n) is 4.77. The number of rotatable bonds is 6. The molecule has 1 saturated heterocycles. The average molecular weight is 288 g/mol. The van der Waals surface area contributed by atoms with Crippen LogP contribution < -0.4 is 10.2 Å². The van der Waals surface area contributed by atoms with E-state index < -0.39 is 0 Å². The summed E-state index contributed by atoms with van der Waals surface area (Å²) in [5.41, 5.74) is 0.784. The van der Waals surface area contributed by atoms with E-state index in [-0.39, 0.29) is 5.41 Å². The van der Waals surface area contributed by atoms with Gasteiger partial charge in [0.1, 0.15) is 0 Å². The number of carbonyl (C=O) groups excluding carboxylic acids is 1. The fraction of sp³-hybridized carbons (Fsp3) is 0.611. The van der Waals surface area contributed by atoms with Gasteiger partial charge in [0.05, 0.1) is 5.41 Å². The van der Waals surface area contributed by atoms with Crippen LogP contribution in [0.25, 0.3) is 0 Å². The van der Waals surface area contributed by atoms with Gasteiger partial charge in [0, 0.05) is 18.8 Å². The van der Waals surface area contributed by atoms with Crippen LogP contribution in [0.15, 0.2) is 30.3 Å². The van der Waals surface area contributed by atoms with E-state index in [0.29, 0.717) is 11.8 Å².